The van der Waals surface area contributed by atoms with E-state index in [2.05, 4.69) is 30.6 Å². The van der Waals surface area contributed by atoms with Gasteiger partial charge in [-0.1, -0.05) is 0 Å². The number of hydrogen-bond donors (Lipinski definition) is 4. The molecule has 10 nitrogen and oxygen atoms in total. The van der Waals surface area contributed by atoms with Crippen molar-refractivity contribution in [2.24, 2.45) is 11.7 Å². The lowest BCUT2D eigenvalue weighted by molar-refractivity contribution is 0.216. The van der Waals surface area contributed by atoms with Gasteiger partial charge >= 0.3 is 0 Å². The van der Waals surface area contributed by atoms with Gasteiger partial charge in [0.05, 0.1) is 40.9 Å². The number of aromatic amines is 1. The Morgan fingerprint density at radius 2 is 2.14 bits per heavy atom. The van der Waals surface area contributed by atoms with Gasteiger partial charge in [-0.05, 0) is 37.3 Å². The molecule has 3 unspecified atom stereocenters. The van der Waals surface area contributed by atoms with Crippen molar-refractivity contribution in [1.29, 1.82) is 0 Å². The number of fused-ring (bicyclic) bond motifs is 7. The van der Waals surface area contributed by atoms with Gasteiger partial charge in [-0.3, -0.25) is 0 Å². The first-order valence-electron chi connectivity index (χ1n) is 11.9. The summed E-state index contributed by atoms with van der Waals surface area (Å²) in [5.74, 6) is 1.34. The Kier molecular flexibility index (Phi) is 4.37. The van der Waals surface area contributed by atoms with Crippen LogP contribution in [0.5, 0.6) is 0 Å². The van der Waals surface area contributed by atoms with E-state index < -0.39 is 0 Å². The number of benzene rings is 1. The molecule has 5 N–H and O–H groups in total. The zero-order chi connectivity index (χ0) is 23.7. The summed E-state index contributed by atoms with van der Waals surface area (Å²) >= 11 is 0. The average Bonchev–Trinajstić information content (AvgIpc) is 3.47. The fourth-order valence-electron chi connectivity index (χ4n) is 5.72. The second kappa shape index (κ2) is 7.51. The Bertz CT molecular complexity index is 1590. The number of halogens is 1. The highest BCUT2D eigenvalue weighted by atomic mass is 19.1. The van der Waals surface area contributed by atoms with E-state index in [-0.39, 0.29) is 11.9 Å². The highest BCUT2D eigenvalue weighted by molar-refractivity contribution is 6.14. The number of anilines is 4. The van der Waals surface area contributed by atoms with Gasteiger partial charge in [-0.2, -0.15) is 15.1 Å². The summed E-state index contributed by atoms with van der Waals surface area (Å²) < 4.78 is 16.3. The van der Waals surface area contributed by atoms with Crippen molar-refractivity contribution in [2.45, 2.75) is 31.3 Å². The molecular formula is C24H25FN10. The molecule has 3 fully saturated rings. The summed E-state index contributed by atoms with van der Waals surface area (Å²) in [5.41, 5.74) is 10.0. The van der Waals surface area contributed by atoms with Crippen LogP contribution in [0.2, 0.25) is 0 Å². The molecular weight excluding hydrogens is 447 g/mol. The van der Waals surface area contributed by atoms with Gasteiger partial charge in [0.25, 0.3) is 0 Å². The van der Waals surface area contributed by atoms with E-state index in [9.17, 15) is 4.39 Å². The molecule has 8 rings (SSSR count). The van der Waals surface area contributed by atoms with Crippen LogP contribution in [0.15, 0.2) is 36.8 Å². The molecule has 11 heteroatoms. The molecule has 3 aliphatic rings. The van der Waals surface area contributed by atoms with Crippen LogP contribution in [-0.2, 0) is 0 Å². The number of H-pyrrole nitrogens is 1. The van der Waals surface area contributed by atoms with Gasteiger partial charge in [0.2, 0.25) is 5.95 Å². The van der Waals surface area contributed by atoms with Crippen molar-refractivity contribution in [1.82, 2.24) is 29.5 Å². The number of aromatic nitrogens is 6. The SMILES string of the molecule is CNc1cc(F)cc2c1[nH]c1nc(Nc3cnc4ccnn4c3)nc(N3CC4CCC3CC4N)c12. The maximum absolute atomic E-state index is 14.6. The van der Waals surface area contributed by atoms with Gasteiger partial charge < -0.3 is 26.3 Å². The Morgan fingerprint density at radius 1 is 1.23 bits per heavy atom. The average molecular weight is 473 g/mol. The van der Waals surface area contributed by atoms with E-state index in [4.69, 9.17) is 15.7 Å². The lowest BCUT2D eigenvalue weighted by Crippen LogP contribution is -2.57. The quantitative estimate of drug-likeness (QED) is 0.314. The largest absolute Gasteiger partial charge is 0.386 e. The van der Waals surface area contributed by atoms with Crippen molar-refractivity contribution in [3.8, 4) is 0 Å². The molecule has 178 valence electrons. The zero-order valence-electron chi connectivity index (χ0n) is 19.2. The van der Waals surface area contributed by atoms with E-state index in [1.54, 1.807) is 30.0 Å². The molecule has 2 aliphatic heterocycles. The minimum atomic E-state index is -0.309. The normalized spacial score (nSPS) is 21.9. The number of rotatable bonds is 4. The molecule has 2 bridgehead atoms. The summed E-state index contributed by atoms with van der Waals surface area (Å²) in [6, 6.07) is 5.38. The molecule has 0 spiro atoms. The minimum absolute atomic E-state index is 0.211. The number of nitrogens with zero attached hydrogens (tertiary/aromatic N) is 6. The van der Waals surface area contributed by atoms with Gasteiger partial charge in [0.15, 0.2) is 5.65 Å². The van der Waals surface area contributed by atoms with Crippen LogP contribution < -0.4 is 21.3 Å². The fourth-order valence-corrected chi connectivity index (χ4v) is 5.72. The third kappa shape index (κ3) is 3.18. The second-order valence-corrected chi connectivity index (χ2v) is 9.49. The summed E-state index contributed by atoms with van der Waals surface area (Å²) in [4.78, 5) is 19.9. The van der Waals surface area contributed by atoms with Gasteiger partial charge in [0, 0.05) is 37.1 Å². The maximum atomic E-state index is 14.6. The summed E-state index contributed by atoms with van der Waals surface area (Å²) in [5, 5.41) is 12.2. The zero-order valence-corrected chi connectivity index (χ0v) is 19.2. The smallest absolute Gasteiger partial charge is 0.231 e. The Labute approximate surface area is 199 Å². The van der Waals surface area contributed by atoms with E-state index in [1.165, 1.54) is 6.07 Å². The van der Waals surface area contributed by atoms with Crippen LogP contribution in [0.3, 0.4) is 0 Å². The first-order chi connectivity index (χ1) is 17.1. The molecule has 2 saturated heterocycles. The van der Waals surface area contributed by atoms with Gasteiger partial charge in [0.1, 0.15) is 17.3 Å². The summed E-state index contributed by atoms with van der Waals surface area (Å²) in [7, 11) is 1.78. The van der Waals surface area contributed by atoms with Crippen LogP contribution >= 0.6 is 0 Å². The lowest BCUT2D eigenvalue weighted by atomic mass is 9.76. The molecule has 3 atom stereocenters. The molecule has 1 aliphatic carbocycles. The predicted molar refractivity (Wildman–Crippen MR) is 134 cm³/mol. The maximum Gasteiger partial charge on any atom is 0.231 e. The standard InChI is InChI=1S/C24H25FN10/c1-27-18-7-13(25)6-16-20-22(31-21(16)18)32-24(30-14-9-28-19-4-5-29-35(19)11-14)33-23(20)34-10-12-2-3-15(34)8-17(12)26/h4-7,9,11-12,15,17,27H,2-3,8,10,26H2,1H3,(H2,30,31,32,33). The second-order valence-electron chi connectivity index (χ2n) is 9.49. The van der Waals surface area contributed by atoms with Crippen LogP contribution in [0.1, 0.15) is 19.3 Å². The molecule has 0 radical (unpaired) electrons. The first kappa shape index (κ1) is 20.4. The van der Waals surface area contributed by atoms with Gasteiger partial charge in [-0.25, -0.2) is 13.9 Å². The number of piperidine rings is 2. The van der Waals surface area contributed by atoms with E-state index in [0.717, 1.165) is 53.6 Å². The van der Waals surface area contributed by atoms with Crippen molar-refractivity contribution in [3.63, 3.8) is 0 Å². The van der Waals surface area contributed by atoms with Crippen molar-refractivity contribution >= 4 is 50.7 Å². The molecule has 5 aromatic rings. The highest BCUT2D eigenvalue weighted by Gasteiger charge is 2.40. The van der Waals surface area contributed by atoms with Crippen LogP contribution in [0, 0.1) is 11.7 Å². The number of nitrogens with one attached hydrogen (secondary N) is 3. The first-order valence-corrected chi connectivity index (χ1v) is 11.9. The topological polar surface area (TPSA) is 125 Å². The summed E-state index contributed by atoms with van der Waals surface area (Å²) in [6.45, 7) is 0.832. The van der Waals surface area contributed by atoms with Gasteiger partial charge in [-0.15, -0.1) is 0 Å². The van der Waals surface area contributed by atoms with Crippen LogP contribution in [0.25, 0.3) is 27.6 Å². The monoisotopic (exact) mass is 472 g/mol. The van der Waals surface area contributed by atoms with E-state index in [0.29, 0.717) is 34.9 Å². The Balaban J connectivity index is 1.42. The Morgan fingerprint density at radius 3 is 2.94 bits per heavy atom. The third-order valence-corrected chi connectivity index (χ3v) is 7.44. The van der Waals surface area contributed by atoms with Crippen molar-refractivity contribution in [3.05, 3.63) is 42.6 Å². The summed E-state index contributed by atoms with van der Waals surface area (Å²) in [6.07, 6.45) is 8.40. The molecule has 1 saturated carbocycles. The molecule has 4 aromatic heterocycles. The third-order valence-electron chi connectivity index (χ3n) is 7.44. The fraction of sp³-hybridized carbons (Fsp3) is 0.333. The number of hydrogen-bond acceptors (Lipinski definition) is 8. The molecule has 0 amide bonds. The molecule has 35 heavy (non-hydrogen) atoms. The number of nitrogens with two attached hydrogens (primary N) is 1. The van der Waals surface area contributed by atoms with Crippen molar-refractivity contribution in [2.75, 3.05) is 29.1 Å². The van der Waals surface area contributed by atoms with E-state index >= 15 is 0 Å². The van der Waals surface area contributed by atoms with Crippen LogP contribution in [0.4, 0.5) is 27.5 Å². The lowest BCUT2D eigenvalue weighted by Gasteiger charge is -2.49. The molecule has 1 aromatic carbocycles. The Hall–Kier alpha value is -3.99. The highest BCUT2D eigenvalue weighted by Crippen LogP contribution is 2.42. The predicted octanol–water partition coefficient (Wildman–Crippen LogP) is 3.39. The molecule has 6 heterocycles. The van der Waals surface area contributed by atoms with Crippen molar-refractivity contribution < 1.29 is 4.39 Å². The minimum Gasteiger partial charge on any atom is -0.386 e. The van der Waals surface area contributed by atoms with E-state index in [1.807, 2.05) is 12.3 Å². The van der Waals surface area contributed by atoms with Crippen LogP contribution in [-0.4, -0.2) is 55.2 Å².